The monoisotopic (exact) mass is 307 g/mol. The van der Waals surface area contributed by atoms with Gasteiger partial charge in [0.25, 0.3) is 0 Å². The first-order valence-corrected chi connectivity index (χ1v) is 7.13. The molecule has 1 saturated heterocycles. The van der Waals surface area contributed by atoms with Crippen molar-refractivity contribution in [1.82, 2.24) is 20.9 Å². The number of nitrogens with one attached hydrogen (secondary N) is 3. The van der Waals surface area contributed by atoms with E-state index in [-0.39, 0.29) is 24.5 Å². The van der Waals surface area contributed by atoms with Crippen molar-refractivity contribution >= 4 is 17.9 Å². The number of urea groups is 1. The molecule has 1 unspecified atom stereocenters. The van der Waals surface area contributed by atoms with Crippen LogP contribution in [-0.2, 0) is 4.79 Å². The molecule has 1 atom stereocenters. The molecule has 1 fully saturated rings. The Morgan fingerprint density at radius 3 is 2.82 bits per heavy atom. The van der Waals surface area contributed by atoms with Crippen molar-refractivity contribution in [3.8, 4) is 0 Å². The van der Waals surface area contributed by atoms with E-state index in [2.05, 4.69) is 20.9 Å². The van der Waals surface area contributed by atoms with Gasteiger partial charge in [-0.25, -0.2) is 4.79 Å². The number of carbonyl (C=O) groups excluding carboxylic acids is 2. The van der Waals surface area contributed by atoms with Crippen LogP contribution < -0.4 is 16.0 Å². The van der Waals surface area contributed by atoms with Crippen LogP contribution in [0.2, 0.25) is 0 Å². The Morgan fingerprint density at radius 2 is 2.27 bits per heavy atom. The van der Waals surface area contributed by atoms with Crippen molar-refractivity contribution in [3.05, 3.63) is 23.7 Å². The molecule has 22 heavy (non-hydrogen) atoms. The quantitative estimate of drug-likeness (QED) is 0.414. The Kier molecular flexibility index (Phi) is 5.03. The standard InChI is InChI=1S/C14H21N5O3/c1-9-4-5-11(22-9)10(2)18-13(15-3)16-6-7-19-12(20)8-17-14(19)21/h4-5,10H,6-8H2,1-3H3,(H,17,21)(H2,15,16,18). The molecule has 2 rings (SSSR count). The van der Waals surface area contributed by atoms with Crippen LogP contribution in [0, 0.1) is 6.92 Å². The highest BCUT2D eigenvalue weighted by atomic mass is 16.3. The van der Waals surface area contributed by atoms with Crippen molar-refractivity contribution < 1.29 is 14.0 Å². The molecule has 3 amide bonds. The largest absolute Gasteiger partial charge is 0.464 e. The first-order chi connectivity index (χ1) is 10.5. The van der Waals surface area contributed by atoms with Crippen LogP contribution in [0.25, 0.3) is 0 Å². The van der Waals surface area contributed by atoms with E-state index in [0.29, 0.717) is 19.0 Å². The van der Waals surface area contributed by atoms with Gasteiger partial charge >= 0.3 is 6.03 Å². The van der Waals surface area contributed by atoms with Gasteiger partial charge in [0.15, 0.2) is 5.96 Å². The number of amides is 3. The number of furan rings is 1. The van der Waals surface area contributed by atoms with E-state index in [1.807, 2.05) is 26.0 Å². The predicted octanol–water partition coefficient (Wildman–Crippen LogP) is 0.366. The summed E-state index contributed by atoms with van der Waals surface area (Å²) in [7, 11) is 1.66. The molecule has 0 spiro atoms. The minimum absolute atomic E-state index is 0.0448. The van der Waals surface area contributed by atoms with Crippen LogP contribution >= 0.6 is 0 Å². The third kappa shape index (κ3) is 3.78. The van der Waals surface area contributed by atoms with Crippen LogP contribution in [0.5, 0.6) is 0 Å². The Morgan fingerprint density at radius 1 is 1.50 bits per heavy atom. The van der Waals surface area contributed by atoms with Gasteiger partial charge in [0, 0.05) is 20.1 Å². The van der Waals surface area contributed by atoms with Gasteiger partial charge in [-0.05, 0) is 26.0 Å². The minimum atomic E-state index is -0.353. The lowest BCUT2D eigenvalue weighted by molar-refractivity contribution is -0.124. The topological polar surface area (TPSA) is 99.0 Å². The Balaban J connectivity index is 1.80. The summed E-state index contributed by atoms with van der Waals surface area (Å²) in [6.07, 6.45) is 0. The number of aryl methyl sites for hydroxylation is 1. The van der Waals surface area contributed by atoms with Crippen LogP contribution in [0.1, 0.15) is 24.5 Å². The molecule has 3 N–H and O–H groups in total. The molecule has 0 aliphatic carbocycles. The number of imide groups is 1. The van der Waals surface area contributed by atoms with E-state index in [0.717, 1.165) is 11.5 Å². The number of hydrogen-bond acceptors (Lipinski definition) is 4. The summed E-state index contributed by atoms with van der Waals surface area (Å²) in [5, 5.41) is 8.73. The molecule has 8 heteroatoms. The third-order valence-corrected chi connectivity index (χ3v) is 3.33. The zero-order valence-corrected chi connectivity index (χ0v) is 13.0. The minimum Gasteiger partial charge on any atom is -0.464 e. The molecular formula is C14H21N5O3. The molecule has 1 aromatic rings. The zero-order chi connectivity index (χ0) is 16.1. The average molecular weight is 307 g/mol. The van der Waals surface area contributed by atoms with Crippen LogP contribution in [-0.4, -0.2) is 49.5 Å². The van der Waals surface area contributed by atoms with E-state index in [4.69, 9.17) is 4.42 Å². The predicted molar refractivity (Wildman–Crippen MR) is 81.5 cm³/mol. The molecule has 1 aliphatic rings. The van der Waals surface area contributed by atoms with E-state index < -0.39 is 0 Å². The van der Waals surface area contributed by atoms with Crippen molar-refractivity contribution in [3.63, 3.8) is 0 Å². The van der Waals surface area contributed by atoms with Crippen molar-refractivity contribution in [2.45, 2.75) is 19.9 Å². The van der Waals surface area contributed by atoms with E-state index in [9.17, 15) is 9.59 Å². The fraction of sp³-hybridized carbons (Fsp3) is 0.500. The molecular weight excluding hydrogens is 286 g/mol. The first kappa shape index (κ1) is 15.9. The summed E-state index contributed by atoms with van der Waals surface area (Å²) < 4.78 is 5.55. The smallest absolute Gasteiger partial charge is 0.324 e. The number of aliphatic imine (C=N–C) groups is 1. The highest BCUT2D eigenvalue weighted by molar-refractivity contribution is 6.01. The number of carbonyl (C=O) groups is 2. The fourth-order valence-electron chi connectivity index (χ4n) is 2.12. The molecule has 2 heterocycles. The Hall–Kier alpha value is -2.51. The maximum Gasteiger partial charge on any atom is 0.324 e. The summed E-state index contributed by atoms with van der Waals surface area (Å²) in [4.78, 5) is 28.1. The average Bonchev–Trinajstić information content (AvgIpc) is 3.06. The molecule has 120 valence electrons. The van der Waals surface area contributed by atoms with Gasteiger partial charge in [-0.15, -0.1) is 0 Å². The first-order valence-electron chi connectivity index (χ1n) is 7.13. The van der Waals surface area contributed by atoms with Gasteiger partial charge in [-0.2, -0.15) is 0 Å². The summed E-state index contributed by atoms with van der Waals surface area (Å²) in [6, 6.07) is 3.42. The number of guanidine groups is 1. The van der Waals surface area contributed by atoms with Crippen molar-refractivity contribution in [2.24, 2.45) is 4.99 Å². The van der Waals surface area contributed by atoms with E-state index in [1.165, 1.54) is 4.90 Å². The fourth-order valence-corrected chi connectivity index (χ4v) is 2.12. The molecule has 0 aromatic carbocycles. The SMILES string of the molecule is CN=C(NCCN1C(=O)CNC1=O)NC(C)c1ccc(C)o1. The van der Waals surface area contributed by atoms with Crippen LogP contribution in [0.15, 0.2) is 21.5 Å². The Labute approximate surface area is 128 Å². The molecule has 1 aromatic heterocycles. The lowest BCUT2D eigenvalue weighted by Gasteiger charge is -2.18. The summed E-state index contributed by atoms with van der Waals surface area (Å²) >= 11 is 0. The van der Waals surface area contributed by atoms with Crippen molar-refractivity contribution in [1.29, 1.82) is 0 Å². The number of nitrogens with zero attached hydrogens (tertiary/aromatic N) is 2. The highest BCUT2D eigenvalue weighted by Gasteiger charge is 2.27. The second kappa shape index (κ2) is 6.97. The number of rotatable bonds is 5. The summed E-state index contributed by atoms with van der Waals surface area (Å²) in [5.74, 6) is 2.03. The van der Waals surface area contributed by atoms with Gasteiger partial charge in [-0.1, -0.05) is 0 Å². The molecule has 0 bridgehead atoms. The second-order valence-corrected chi connectivity index (χ2v) is 5.02. The normalized spacial score (nSPS) is 16.7. The summed E-state index contributed by atoms with van der Waals surface area (Å²) in [5.41, 5.74) is 0. The van der Waals surface area contributed by atoms with Crippen LogP contribution in [0.4, 0.5) is 4.79 Å². The van der Waals surface area contributed by atoms with Gasteiger partial charge in [-0.3, -0.25) is 14.7 Å². The van der Waals surface area contributed by atoms with Crippen molar-refractivity contribution in [2.75, 3.05) is 26.7 Å². The zero-order valence-electron chi connectivity index (χ0n) is 13.0. The van der Waals surface area contributed by atoms with Gasteiger partial charge in [0.05, 0.1) is 12.6 Å². The highest BCUT2D eigenvalue weighted by Crippen LogP contribution is 2.15. The lowest BCUT2D eigenvalue weighted by atomic mass is 10.2. The maximum absolute atomic E-state index is 11.5. The lowest BCUT2D eigenvalue weighted by Crippen LogP contribution is -2.43. The molecule has 0 saturated carbocycles. The molecule has 8 nitrogen and oxygen atoms in total. The van der Waals surface area contributed by atoms with E-state index >= 15 is 0 Å². The van der Waals surface area contributed by atoms with E-state index in [1.54, 1.807) is 7.05 Å². The second-order valence-electron chi connectivity index (χ2n) is 5.02. The Bertz CT molecular complexity index is 565. The third-order valence-electron chi connectivity index (χ3n) is 3.33. The number of hydrogen-bond donors (Lipinski definition) is 3. The van der Waals surface area contributed by atoms with Gasteiger partial charge in [0.2, 0.25) is 5.91 Å². The maximum atomic E-state index is 11.5. The summed E-state index contributed by atoms with van der Waals surface area (Å²) in [6.45, 7) is 4.63. The van der Waals surface area contributed by atoms with Gasteiger partial charge < -0.3 is 20.4 Å². The molecule has 0 radical (unpaired) electrons. The van der Waals surface area contributed by atoms with Crippen LogP contribution in [0.3, 0.4) is 0 Å². The molecule has 1 aliphatic heterocycles. The van der Waals surface area contributed by atoms with Gasteiger partial charge in [0.1, 0.15) is 11.5 Å².